The Balaban J connectivity index is 1.13. The molecule has 5 unspecified atom stereocenters. The normalized spacial score (nSPS) is 23.7. The molecule has 0 spiro atoms. The minimum atomic E-state index is 0.132. The van der Waals surface area contributed by atoms with Crippen LogP contribution in [-0.2, 0) is 0 Å². The molecule has 250 valence electrons. The summed E-state index contributed by atoms with van der Waals surface area (Å²) in [5.41, 5.74) is 10.1. The molecule has 1 fully saturated rings. The Labute approximate surface area is 303 Å². The van der Waals surface area contributed by atoms with Crippen molar-refractivity contribution in [3.8, 4) is 5.69 Å². The smallest absolute Gasteiger partial charge is 0.108 e. The van der Waals surface area contributed by atoms with E-state index in [4.69, 9.17) is 0 Å². The van der Waals surface area contributed by atoms with E-state index in [0.717, 1.165) is 6.42 Å². The van der Waals surface area contributed by atoms with Gasteiger partial charge < -0.3 is 14.0 Å². The average Bonchev–Trinajstić information content (AvgIpc) is 3.70. The van der Waals surface area contributed by atoms with Gasteiger partial charge in [-0.3, -0.25) is 5.32 Å². The number of aromatic nitrogens is 2. The lowest BCUT2D eigenvalue weighted by Crippen LogP contribution is -2.66. The number of nitrogens with zero attached hydrogens (tertiary/aromatic N) is 3. The maximum absolute atomic E-state index is 3.97. The molecule has 11 rings (SSSR count). The molecule has 2 aromatic heterocycles. The number of hydrogen-bond acceptors (Lipinski definition) is 2. The lowest BCUT2D eigenvalue weighted by molar-refractivity contribution is -0.0288. The first-order chi connectivity index (χ1) is 25.8. The van der Waals surface area contributed by atoms with E-state index in [1.54, 1.807) is 0 Å². The number of nitrogens with one attached hydrogen (secondary N) is 1. The van der Waals surface area contributed by atoms with Crippen molar-refractivity contribution >= 4 is 49.3 Å². The standard InChI is InChI=1S/C48H38N4/c1-4-16-32(17-5-1)47-49-48(33-18-6-2-7-19-33)52(47)44-29-28-43(35-22-10-11-23-36(35)44)51-42-27-15-13-25-38(42)40-30-39-37-24-12-14-26-41(37)50(45(39)31-46(40)51)34-20-8-3-9-21-34/h1-18,20-31,33,35-36,47-49H,19H2. The summed E-state index contributed by atoms with van der Waals surface area (Å²) in [5, 5.41) is 9.10. The van der Waals surface area contributed by atoms with Crippen LogP contribution in [0.2, 0.25) is 0 Å². The Hall–Kier alpha value is -6.10. The molecule has 3 aliphatic carbocycles. The van der Waals surface area contributed by atoms with Crippen LogP contribution < -0.4 is 5.32 Å². The van der Waals surface area contributed by atoms with Gasteiger partial charge >= 0.3 is 0 Å². The van der Waals surface area contributed by atoms with E-state index in [9.17, 15) is 0 Å². The van der Waals surface area contributed by atoms with Gasteiger partial charge in [-0.2, -0.15) is 0 Å². The van der Waals surface area contributed by atoms with Crippen LogP contribution in [0.15, 0.2) is 188 Å². The van der Waals surface area contributed by atoms with Gasteiger partial charge in [0, 0.05) is 56.4 Å². The SMILES string of the molecule is C1=CCC(C2NC(c3ccccc3)N2C2=CC=C(n3c4ccccc4c4cc5c6ccccc6n(-c6ccccc6)c5cc43)C3C=CC=CC23)C=C1. The maximum atomic E-state index is 3.97. The average molecular weight is 671 g/mol. The first-order valence-corrected chi connectivity index (χ1v) is 18.5. The van der Waals surface area contributed by atoms with E-state index < -0.39 is 0 Å². The fourth-order valence-corrected chi connectivity index (χ4v) is 9.38. The largest absolute Gasteiger partial charge is 0.339 e. The molecule has 7 aromatic rings. The molecule has 0 radical (unpaired) electrons. The Morgan fingerprint density at radius 2 is 1.10 bits per heavy atom. The van der Waals surface area contributed by atoms with Gasteiger partial charge in [-0.25, -0.2) is 0 Å². The Kier molecular flexibility index (Phi) is 6.68. The van der Waals surface area contributed by atoms with Crippen molar-refractivity contribution in [1.29, 1.82) is 0 Å². The highest BCUT2D eigenvalue weighted by molar-refractivity contribution is 6.19. The van der Waals surface area contributed by atoms with Gasteiger partial charge in [0.05, 0.1) is 28.2 Å². The van der Waals surface area contributed by atoms with E-state index in [1.165, 1.54) is 66.3 Å². The van der Waals surface area contributed by atoms with Crippen molar-refractivity contribution in [2.75, 3.05) is 0 Å². The van der Waals surface area contributed by atoms with Crippen LogP contribution in [0, 0.1) is 17.8 Å². The highest BCUT2D eigenvalue weighted by Crippen LogP contribution is 2.49. The van der Waals surface area contributed by atoms with Gasteiger partial charge in [-0.15, -0.1) is 0 Å². The fraction of sp³-hybridized carbons (Fsp3) is 0.125. The second-order valence-electron chi connectivity index (χ2n) is 14.5. The molecule has 5 aromatic carbocycles. The van der Waals surface area contributed by atoms with Crippen molar-refractivity contribution in [2.45, 2.75) is 18.8 Å². The quantitative estimate of drug-likeness (QED) is 0.197. The highest BCUT2D eigenvalue weighted by Gasteiger charge is 2.46. The number of hydrogen-bond donors (Lipinski definition) is 1. The zero-order chi connectivity index (χ0) is 34.2. The molecule has 52 heavy (non-hydrogen) atoms. The van der Waals surface area contributed by atoms with Crippen LogP contribution in [0.4, 0.5) is 0 Å². The van der Waals surface area contributed by atoms with Gasteiger partial charge in [-0.05, 0) is 60.5 Å². The van der Waals surface area contributed by atoms with Crippen molar-refractivity contribution in [3.05, 3.63) is 193 Å². The lowest BCUT2D eigenvalue weighted by Gasteiger charge is -2.57. The molecule has 4 nitrogen and oxygen atoms in total. The highest BCUT2D eigenvalue weighted by atomic mass is 15.5. The third-order valence-electron chi connectivity index (χ3n) is 11.7. The second kappa shape index (κ2) is 11.7. The molecular weight excluding hydrogens is 633 g/mol. The van der Waals surface area contributed by atoms with Crippen LogP contribution in [-0.4, -0.2) is 20.2 Å². The van der Waals surface area contributed by atoms with Gasteiger partial charge in [-0.1, -0.05) is 134 Å². The summed E-state index contributed by atoms with van der Waals surface area (Å²) in [7, 11) is 0. The van der Waals surface area contributed by atoms with E-state index in [2.05, 4.69) is 201 Å². The first-order valence-electron chi connectivity index (χ1n) is 18.5. The summed E-state index contributed by atoms with van der Waals surface area (Å²) >= 11 is 0. The molecule has 4 heteroatoms. The Bertz CT molecular complexity index is 2720. The summed E-state index contributed by atoms with van der Waals surface area (Å²) in [6, 6.07) is 44.4. The zero-order valence-electron chi connectivity index (χ0n) is 28.8. The molecule has 0 bridgehead atoms. The van der Waals surface area contributed by atoms with E-state index in [0.29, 0.717) is 5.92 Å². The van der Waals surface area contributed by atoms with Crippen LogP contribution in [0.5, 0.6) is 0 Å². The van der Waals surface area contributed by atoms with Gasteiger partial charge in [0.25, 0.3) is 0 Å². The number of rotatable bonds is 5. The van der Waals surface area contributed by atoms with Gasteiger partial charge in [0.1, 0.15) is 6.17 Å². The molecule has 1 N–H and O–H groups in total. The van der Waals surface area contributed by atoms with Crippen LogP contribution in [0.3, 0.4) is 0 Å². The summed E-state index contributed by atoms with van der Waals surface area (Å²) < 4.78 is 4.99. The summed E-state index contributed by atoms with van der Waals surface area (Å²) in [6.07, 6.45) is 24.6. The molecule has 1 aliphatic heterocycles. The summed E-state index contributed by atoms with van der Waals surface area (Å²) in [5.74, 6) is 0.799. The zero-order valence-corrected chi connectivity index (χ0v) is 28.8. The minimum absolute atomic E-state index is 0.132. The second-order valence-corrected chi connectivity index (χ2v) is 14.5. The maximum Gasteiger partial charge on any atom is 0.108 e. The number of fused-ring (bicyclic) bond motifs is 7. The van der Waals surface area contributed by atoms with Crippen molar-refractivity contribution < 1.29 is 0 Å². The molecule has 0 amide bonds. The predicted octanol–water partition coefficient (Wildman–Crippen LogP) is 11.1. The molecule has 1 saturated heterocycles. The number of benzene rings is 5. The van der Waals surface area contributed by atoms with Crippen LogP contribution in [0.1, 0.15) is 18.2 Å². The van der Waals surface area contributed by atoms with Gasteiger partial charge in [0.2, 0.25) is 0 Å². The molecule has 4 aliphatic rings. The third kappa shape index (κ3) is 4.37. The Morgan fingerprint density at radius 3 is 1.81 bits per heavy atom. The van der Waals surface area contributed by atoms with Crippen molar-refractivity contribution in [1.82, 2.24) is 19.4 Å². The fourth-order valence-electron chi connectivity index (χ4n) is 9.38. The van der Waals surface area contributed by atoms with E-state index in [1.807, 2.05) is 0 Å². The lowest BCUT2D eigenvalue weighted by atomic mass is 9.78. The minimum Gasteiger partial charge on any atom is -0.339 e. The van der Waals surface area contributed by atoms with Crippen molar-refractivity contribution in [2.24, 2.45) is 17.8 Å². The molecule has 5 atom stereocenters. The summed E-state index contributed by atoms with van der Waals surface area (Å²) in [4.78, 5) is 2.67. The molecule has 0 saturated carbocycles. The molecular formula is C48H38N4. The summed E-state index contributed by atoms with van der Waals surface area (Å²) in [6.45, 7) is 0. The number of para-hydroxylation sites is 3. The third-order valence-corrected chi connectivity index (χ3v) is 11.7. The first kappa shape index (κ1) is 29.6. The van der Waals surface area contributed by atoms with Crippen molar-refractivity contribution in [3.63, 3.8) is 0 Å². The molecule has 3 heterocycles. The topological polar surface area (TPSA) is 25.1 Å². The number of allylic oxidation sites excluding steroid dienone is 10. The Morgan fingerprint density at radius 1 is 0.500 bits per heavy atom. The van der Waals surface area contributed by atoms with E-state index in [-0.39, 0.29) is 24.2 Å². The van der Waals surface area contributed by atoms with Crippen LogP contribution in [0.25, 0.3) is 55.0 Å². The van der Waals surface area contributed by atoms with Gasteiger partial charge in [0.15, 0.2) is 0 Å². The van der Waals surface area contributed by atoms with Crippen LogP contribution >= 0.6 is 0 Å². The van der Waals surface area contributed by atoms with E-state index >= 15 is 0 Å². The predicted molar refractivity (Wildman–Crippen MR) is 216 cm³/mol. The monoisotopic (exact) mass is 670 g/mol.